The van der Waals surface area contributed by atoms with Crippen LogP contribution in [0.5, 0.6) is 0 Å². The molecule has 0 radical (unpaired) electrons. The maximum Gasteiger partial charge on any atom is 0.272 e. The van der Waals surface area contributed by atoms with Crippen molar-refractivity contribution in [3.05, 3.63) is 64.1 Å². The summed E-state index contributed by atoms with van der Waals surface area (Å²) in [7, 11) is 0. The average Bonchev–Trinajstić information content (AvgIpc) is 2.97. The zero-order valence-electron chi connectivity index (χ0n) is 11.4. The minimum Gasteiger partial charge on any atom is -0.472 e. The number of rotatable bonds is 7. The Hall–Kier alpha value is -2.14. The third-order valence-corrected chi connectivity index (χ3v) is 3.20. The van der Waals surface area contributed by atoms with Crippen LogP contribution >= 0.6 is 0 Å². The molecule has 0 aliphatic heterocycles. The topological polar surface area (TPSA) is 68.3 Å². The molecule has 0 saturated heterocycles. The van der Waals surface area contributed by atoms with Crippen molar-refractivity contribution >= 4 is 5.69 Å². The van der Waals surface area contributed by atoms with E-state index in [1.54, 1.807) is 30.7 Å². The van der Waals surface area contributed by atoms with Gasteiger partial charge >= 0.3 is 0 Å². The first-order chi connectivity index (χ1) is 9.72. The number of nitro groups is 1. The molecule has 0 saturated carbocycles. The van der Waals surface area contributed by atoms with E-state index in [0.717, 1.165) is 24.1 Å². The van der Waals surface area contributed by atoms with Crippen molar-refractivity contribution in [3.8, 4) is 0 Å². The van der Waals surface area contributed by atoms with Gasteiger partial charge < -0.3 is 9.73 Å². The fourth-order valence-corrected chi connectivity index (χ4v) is 2.18. The summed E-state index contributed by atoms with van der Waals surface area (Å²) in [6, 6.07) is 8.78. The van der Waals surface area contributed by atoms with Crippen molar-refractivity contribution < 1.29 is 9.34 Å². The molecule has 0 bridgehead atoms. The molecule has 1 aromatic carbocycles. The molecule has 0 fully saturated rings. The SMILES string of the molecule is CCCNC(Cc1ccccc1[N+](=O)[O-])c1ccoc1. The summed E-state index contributed by atoms with van der Waals surface area (Å²) >= 11 is 0. The molecule has 1 unspecified atom stereocenters. The maximum atomic E-state index is 11.1. The van der Waals surface area contributed by atoms with Crippen molar-refractivity contribution in [2.45, 2.75) is 25.8 Å². The second-order valence-corrected chi connectivity index (χ2v) is 4.65. The summed E-state index contributed by atoms with van der Waals surface area (Å²) < 4.78 is 5.12. The van der Waals surface area contributed by atoms with Crippen LogP contribution in [0.4, 0.5) is 5.69 Å². The van der Waals surface area contributed by atoms with E-state index < -0.39 is 0 Å². The molecule has 2 rings (SSSR count). The van der Waals surface area contributed by atoms with Gasteiger partial charge in [0.05, 0.1) is 17.4 Å². The van der Waals surface area contributed by atoms with Crippen molar-refractivity contribution in [2.24, 2.45) is 0 Å². The molecule has 1 heterocycles. The fraction of sp³-hybridized carbons (Fsp3) is 0.333. The van der Waals surface area contributed by atoms with E-state index in [2.05, 4.69) is 12.2 Å². The Morgan fingerprint density at radius 1 is 1.35 bits per heavy atom. The second kappa shape index (κ2) is 6.86. The third kappa shape index (κ3) is 3.45. The van der Waals surface area contributed by atoms with Gasteiger partial charge in [-0.2, -0.15) is 0 Å². The lowest BCUT2D eigenvalue weighted by molar-refractivity contribution is -0.385. The summed E-state index contributed by atoms with van der Waals surface area (Å²) in [5, 5.41) is 14.5. The monoisotopic (exact) mass is 274 g/mol. The van der Waals surface area contributed by atoms with Crippen LogP contribution in [0.15, 0.2) is 47.3 Å². The van der Waals surface area contributed by atoms with Gasteiger partial charge in [-0.15, -0.1) is 0 Å². The number of nitrogens with one attached hydrogen (secondary N) is 1. The molecule has 0 spiro atoms. The molecule has 1 aromatic heterocycles. The fourth-order valence-electron chi connectivity index (χ4n) is 2.18. The van der Waals surface area contributed by atoms with Crippen molar-refractivity contribution in [2.75, 3.05) is 6.54 Å². The van der Waals surface area contributed by atoms with Gasteiger partial charge in [-0.05, 0) is 25.5 Å². The minimum absolute atomic E-state index is 0.0230. The summed E-state index contributed by atoms with van der Waals surface area (Å²) in [5.41, 5.74) is 1.91. The third-order valence-electron chi connectivity index (χ3n) is 3.20. The van der Waals surface area contributed by atoms with Gasteiger partial charge in [0, 0.05) is 23.2 Å². The molecular formula is C15H18N2O3. The quantitative estimate of drug-likeness (QED) is 0.620. The van der Waals surface area contributed by atoms with E-state index in [-0.39, 0.29) is 16.7 Å². The number of nitrogens with zero attached hydrogens (tertiary/aromatic N) is 1. The molecule has 5 heteroatoms. The Balaban J connectivity index is 2.21. The van der Waals surface area contributed by atoms with Crippen LogP contribution in [0.1, 0.15) is 30.5 Å². The lowest BCUT2D eigenvalue weighted by Gasteiger charge is -2.17. The minimum atomic E-state index is -0.332. The van der Waals surface area contributed by atoms with Gasteiger partial charge in [-0.25, -0.2) is 0 Å². The van der Waals surface area contributed by atoms with E-state index in [4.69, 9.17) is 4.42 Å². The van der Waals surface area contributed by atoms with Gasteiger partial charge in [-0.3, -0.25) is 10.1 Å². The number of nitro benzene ring substituents is 1. The molecular weight excluding hydrogens is 256 g/mol. The zero-order chi connectivity index (χ0) is 14.4. The molecule has 1 atom stereocenters. The van der Waals surface area contributed by atoms with Crippen molar-refractivity contribution in [1.29, 1.82) is 0 Å². The highest BCUT2D eigenvalue weighted by Gasteiger charge is 2.19. The molecule has 106 valence electrons. The average molecular weight is 274 g/mol. The summed E-state index contributed by atoms with van der Waals surface area (Å²) in [4.78, 5) is 10.7. The van der Waals surface area contributed by atoms with Gasteiger partial charge in [0.15, 0.2) is 0 Å². The van der Waals surface area contributed by atoms with E-state index in [9.17, 15) is 10.1 Å². The van der Waals surface area contributed by atoms with Crippen LogP contribution in [-0.4, -0.2) is 11.5 Å². The molecule has 20 heavy (non-hydrogen) atoms. The second-order valence-electron chi connectivity index (χ2n) is 4.65. The molecule has 0 aliphatic carbocycles. The van der Waals surface area contributed by atoms with Crippen molar-refractivity contribution in [3.63, 3.8) is 0 Å². The summed E-state index contributed by atoms with van der Waals surface area (Å²) in [5.74, 6) is 0. The van der Waals surface area contributed by atoms with Gasteiger partial charge in [0.2, 0.25) is 0 Å². The molecule has 2 aromatic rings. The number of hydrogen-bond acceptors (Lipinski definition) is 4. The maximum absolute atomic E-state index is 11.1. The van der Waals surface area contributed by atoms with Crippen LogP contribution in [0.2, 0.25) is 0 Å². The van der Waals surface area contributed by atoms with Crippen molar-refractivity contribution in [1.82, 2.24) is 5.32 Å². The van der Waals surface area contributed by atoms with Crippen LogP contribution in [-0.2, 0) is 6.42 Å². The lowest BCUT2D eigenvalue weighted by Crippen LogP contribution is -2.24. The smallest absolute Gasteiger partial charge is 0.272 e. The number of furan rings is 1. The molecule has 1 N–H and O–H groups in total. The highest BCUT2D eigenvalue weighted by atomic mass is 16.6. The predicted octanol–water partition coefficient (Wildman–Crippen LogP) is 3.47. The standard InChI is InChI=1S/C15H18N2O3/c1-2-8-16-14(13-7-9-20-11-13)10-12-5-3-4-6-15(12)17(18)19/h3-7,9,11,14,16H,2,8,10H2,1H3. The first kappa shape index (κ1) is 14.3. The van der Waals surface area contributed by atoms with Gasteiger partial charge in [0.1, 0.15) is 0 Å². The summed E-state index contributed by atoms with van der Waals surface area (Å²) in [6.45, 7) is 2.95. The Morgan fingerprint density at radius 2 is 2.15 bits per heavy atom. The highest BCUT2D eigenvalue weighted by Crippen LogP contribution is 2.25. The highest BCUT2D eigenvalue weighted by molar-refractivity contribution is 5.40. The number of para-hydroxylation sites is 1. The van der Waals surface area contributed by atoms with Gasteiger partial charge in [0.25, 0.3) is 5.69 Å². The van der Waals surface area contributed by atoms with E-state index in [1.807, 2.05) is 12.1 Å². The Kier molecular flexibility index (Phi) is 4.90. The van der Waals surface area contributed by atoms with Gasteiger partial charge in [-0.1, -0.05) is 25.1 Å². The lowest BCUT2D eigenvalue weighted by atomic mass is 9.99. The predicted molar refractivity (Wildman–Crippen MR) is 76.5 cm³/mol. The number of benzene rings is 1. The number of hydrogen-bond donors (Lipinski definition) is 1. The van der Waals surface area contributed by atoms with Crippen LogP contribution in [0, 0.1) is 10.1 Å². The van der Waals surface area contributed by atoms with E-state index in [1.165, 1.54) is 0 Å². The molecule has 5 nitrogen and oxygen atoms in total. The Labute approximate surface area is 117 Å². The normalized spacial score (nSPS) is 12.2. The van der Waals surface area contributed by atoms with E-state index >= 15 is 0 Å². The largest absolute Gasteiger partial charge is 0.472 e. The first-order valence-electron chi connectivity index (χ1n) is 6.70. The molecule has 0 amide bonds. The Bertz CT molecular complexity index is 552. The van der Waals surface area contributed by atoms with E-state index in [0.29, 0.717) is 6.42 Å². The van der Waals surface area contributed by atoms with Crippen LogP contribution in [0.25, 0.3) is 0 Å². The van der Waals surface area contributed by atoms with Crippen LogP contribution < -0.4 is 5.32 Å². The first-order valence-corrected chi connectivity index (χ1v) is 6.70. The zero-order valence-corrected chi connectivity index (χ0v) is 11.4. The summed E-state index contributed by atoms with van der Waals surface area (Å²) in [6.07, 6.45) is 4.87. The van der Waals surface area contributed by atoms with Crippen LogP contribution in [0.3, 0.4) is 0 Å². The molecule has 0 aliphatic rings. The Morgan fingerprint density at radius 3 is 2.80 bits per heavy atom.